The first kappa shape index (κ1) is 12.2. The van der Waals surface area contributed by atoms with Crippen LogP contribution in [-0.2, 0) is 11.2 Å². The van der Waals surface area contributed by atoms with Crippen LogP contribution < -0.4 is 0 Å². The van der Waals surface area contributed by atoms with Gasteiger partial charge in [-0.25, -0.2) is 4.98 Å². The first-order valence-electron chi connectivity index (χ1n) is 6.96. The van der Waals surface area contributed by atoms with E-state index in [-0.39, 0.29) is 5.91 Å². The lowest BCUT2D eigenvalue weighted by Gasteiger charge is -2.14. The van der Waals surface area contributed by atoms with E-state index < -0.39 is 0 Å². The van der Waals surface area contributed by atoms with Crippen LogP contribution in [0.2, 0.25) is 0 Å². The van der Waals surface area contributed by atoms with E-state index in [1.54, 1.807) is 0 Å². The molecule has 1 saturated heterocycles. The molecule has 3 rings (SSSR count). The molecule has 1 aliphatic heterocycles. The Balaban J connectivity index is 1.74. The number of hydrogen-bond donors (Lipinski definition) is 0. The molecule has 0 saturated carbocycles. The Labute approximate surface area is 113 Å². The SMILES string of the molecule is Cc1nc2ccccn2c1CCC(=O)N1CCCC1. The summed E-state index contributed by atoms with van der Waals surface area (Å²) in [6.45, 7) is 3.89. The van der Waals surface area contributed by atoms with Crippen molar-refractivity contribution in [1.29, 1.82) is 0 Å². The second-order valence-corrected chi connectivity index (χ2v) is 5.16. The molecule has 4 heteroatoms. The highest BCUT2D eigenvalue weighted by Crippen LogP contribution is 2.15. The number of fused-ring (bicyclic) bond motifs is 1. The molecule has 3 heterocycles. The largest absolute Gasteiger partial charge is 0.343 e. The van der Waals surface area contributed by atoms with Crippen LogP contribution >= 0.6 is 0 Å². The Bertz CT molecular complexity index is 596. The minimum absolute atomic E-state index is 0.280. The molecule has 2 aromatic heterocycles. The Morgan fingerprint density at radius 1 is 1.32 bits per heavy atom. The number of amides is 1. The van der Waals surface area contributed by atoms with Gasteiger partial charge < -0.3 is 9.30 Å². The van der Waals surface area contributed by atoms with Crippen LogP contribution in [0.5, 0.6) is 0 Å². The van der Waals surface area contributed by atoms with E-state index >= 15 is 0 Å². The first-order valence-corrected chi connectivity index (χ1v) is 6.96. The summed E-state index contributed by atoms with van der Waals surface area (Å²) in [4.78, 5) is 18.6. The molecule has 0 aromatic carbocycles. The second-order valence-electron chi connectivity index (χ2n) is 5.16. The van der Waals surface area contributed by atoms with E-state index in [1.807, 2.05) is 36.2 Å². The van der Waals surface area contributed by atoms with Crippen molar-refractivity contribution in [3.05, 3.63) is 35.8 Å². The average Bonchev–Trinajstić information content (AvgIpc) is 3.03. The van der Waals surface area contributed by atoms with Gasteiger partial charge in [0.2, 0.25) is 5.91 Å². The van der Waals surface area contributed by atoms with Crippen molar-refractivity contribution in [3.8, 4) is 0 Å². The zero-order valence-electron chi connectivity index (χ0n) is 11.3. The molecular formula is C15H19N3O. The van der Waals surface area contributed by atoms with Crippen LogP contribution in [0.3, 0.4) is 0 Å². The third-order valence-electron chi connectivity index (χ3n) is 3.86. The third kappa shape index (κ3) is 2.35. The van der Waals surface area contributed by atoms with E-state index in [1.165, 1.54) is 0 Å². The molecule has 1 aliphatic rings. The number of aromatic nitrogens is 2. The van der Waals surface area contributed by atoms with Gasteiger partial charge in [-0.3, -0.25) is 4.79 Å². The summed E-state index contributed by atoms with van der Waals surface area (Å²) < 4.78 is 2.09. The topological polar surface area (TPSA) is 37.6 Å². The molecular weight excluding hydrogens is 238 g/mol. The first-order chi connectivity index (χ1) is 9.25. The van der Waals surface area contributed by atoms with Gasteiger partial charge in [0.25, 0.3) is 0 Å². The zero-order chi connectivity index (χ0) is 13.2. The maximum Gasteiger partial charge on any atom is 0.222 e. The van der Waals surface area contributed by atoms with Crippen LogP contribution in [0.25, 0.3) is 5.65 Å². The van der Waals surface area contributed by atoms with E-state index in [2.05, 4.69) is 9.38 Å². The highest BCUT2D eigenvalue weighted by Gasteiger charge is 2.18. The molecule has 1 fully saturated rings. The predicted molar refractivity (Wildman–Crippen MR) is 74.1 cm³/mol. The van der Waals surface area contributed by atoms with Gasteiger partial charge in [0.1, 0.15) is 5.65 Å². The van der Waals surface area contributed by atoms with Gasteiger partial charge in [0, 0.05) is 31.4 Å². The van der Waals surface area contributed by atoms with Crippen molar-refractivity contribution < 1.29 is 4.79 Å². The molecule has 19 heavy (non-hydrogen) atoms. The van der Waals surface area contributed by atoms with Crippen LogP contribution in [0.4, 0.5) is 0 Å². The van der Waals surface area contributed by atoms with Crippen molar-refractivity contribution in [1.82, 2.24) is 14.3 Å². The summed E-state index contributed by atoms with van der Waals surface area (Å²) in [5.74, 6) is 0.280. The Kier molecular flexibility index (Phi) is 3.23. The van der Waals surface area contributed by atoms with E-state index in [4.69, 9.17) is 0 Å². The van der Waals surface area contributed by atoms with E-state index in [0.29, 0.717) is 6.42 Å². The van der Waals surface area contributed by atoms with Crippen molar-refractivity contribution in [2.45, 2.75) is 32.6 Å². The number of aryl methyl sites for hydroxylation is 2. The fourth-order valence-electron chi connectivity index (χ4n) is 2.82. The summed E-state index contributed by atoms with van der Waals surface area (Å²) in [6, 6.07) is 5.99. The molecule has 2 aromatic rings. The van der Waals surface area contributed by atoms with E-state index in [0.717, 1.165) is 49.4 Å². The number of pyridine rings is 1. The molecule has 1 amide bonds. The maximum absolute atomic E-state index is 12.1. The highest BCUT2D eigenvalue weighted by atomic mass is 16.2. The van der Waals surface area contributed by atoms with Gasteiger partial charge in [0.15, 0.2) is 0 Å². The predicted octanol–water partition coefficient (Wildman–Crippen LogP) is 2.20. The number of carbonyl (C=O) groups excluding carboxylic acids is 1. The standard InChI is InChI=1S/C15H19N3O/c1-12-13(18-11-3-2-6-14(18)16-12)7-8-15(19)17-9-4-5-10-17/h2-3,6,11H,4-5,7-10H2,1H3. The summed E-state index contributed by atoms with van der Waals surface area (Å²) in [7, 11) is 0. The Morgan fingerprint density at radius 2 is 2.11 bits per heavy atom. The molecule has 0 radical (unpaired) electrons. The Hall–Kier alpha value is -1.84. The van der Waals surface area contributed by atoms with Gasteiger partial charge in [-0.2, -0.15) is 0 Å². The summed E-state index contributed by atoms with van der Waals surface area (Å²) >= 11 is 0. The molecule has 4 nitrogen and oxygen atoms in total. The fraction of sp³-hybridized carbons (Fsp3) is 0.467. The van der Waals surface area contributed by atoms with Crippen LogP contribution in [0.15, 0.2) is 24.4 Å². The van der Waals surface area contributed by atoms with Gasteiger partial charge >= 0.3 is 0 Å². The molecule has 0 atom stereocenters. The summed E-state index contributed by atoms with van der Waals surface area (Å²) in [5, 5.41) is 0. The Morgan fingerprint density at radius 3 is 2.89 bits per heavy atom. The van der Waals surface area contributed by atoms with Crippen LogP contribution in [0.1, 0.15) is 30.7 Å². The molecule has 100 valence electrons. The second kappa shape index (κ2) is 5.03. The number of likely N-dealkylation sites (tertiary alicyclic amines) is 1. The fourth-order valence-corrected chi connectivity index (χ4v) is 2.82. The van der Waals surface area contributed by atoms with Gasteiger partial charge in [-0.15, -0.1) is 0 Å². The lowest BCUT2D eigenvalue weighted by molar-refractivity contribution is -0.130. The van der Waals surface area contributed by atoms with Gasteiger partial charge in [-0.05, 0) is 38.3 Å². The number of imidazole rings is 1. The van der Waals surface area contributed by atoms with Crippen LogP contribution in [-0.4, -0.2) is 33.3 Å². The average molecular weight is 257 g/mol. The van der Waals surface area contributed by atoms with Gasteiger partial charge in [-0.1, -0.05) is 6.07 Å². The summed E-state index contributed by atoms with van der Waals surface area (Å²) in [5.41, 5.74) is 3.15. The van der Waals surface area contributed by atoms with Crippen molar-refractivity contribution in [2.75, 3.05) is 13.1 Å². The lowest BCUT2D eigenvalue weighted by Crippen LogP contribution is -2.27. The number of nitrogens with zero attached hydrogens (tertiary/aromatic N) is 3. The van der Waals surface area contributed by atoms with Gasteiger partial charge in [0.05, 0.1) is 5.69 Å². The third-order valence-corrected chi connectivity index (χ3v) is 3.86. The number of carbonyl (C=O) groups is 1. The van der Waals surface area contributed by atoms with Crippen molar-refractivity contribution in [2.24, 2.45) is 0 Å². The molecule has 0 unspecified atom stereocenters. The monoisotopic (exact) mass is 257 g/mol. The normalized spacial score (nSPS) is 15.3. The minimum Gasteiger partial charge on any atom is -0.343 e. The lowest BCUT2D eigenvalue weighted by atomic mass is 10.2. The molecule has 0 bridgehead atoms. The smallest absolute Gasteiger partial charge is 0.222 e. The number of rotatable bonds is 3. The quantitative estimate of drug-likeness (QED) is 0.845. The minimum atomic E-state index is 0.280. The van der Waals surface area contributed by atoms with Crippen molar-refractivity contribution in [3.63, 3.8) is 0 Å². The number of hydrogen-bond acceptors (Lipinski definition) is 2. The molecule has 0 N–H and O–H groups in total. The molecule has 0 spiro atoms. The summed E-state index contributed by atoms with van der Waals surface area (Å²) in [6.07, 6.45) is 5.68. The highest BCUT2D eigenvalue weighted by molar-refractivity contribution is 5.76. The molecule has 0 aliphatic carbocycles. The van der Waals surface area contributed by atoms with Crippen LogP contribution in [0, 0.1) is 6.92 Å². The maximum atomic E-state index is 12.1. The van der Waals surface area contributed by atoms with Crippen molar-refractivity contribution >= 4 is 11.6 Å². The zero-order valence-corrected chi connectivity index (χ0v) is 11.3. The van der Waals surface area contributed by atoms with E-state index in [9.17, 15) is 4.79 Å².